The van der Waals surface area contributed by atoms with Gasteiger partial charge in [-0.15, -0.1) is 0 Å². The van der Waals surface area contributed by atoms with E-state index in [2.05, 4.69) is 39.4 Å². The first-order valence-electron chi connectivity index (χ1n) is 9.83. The maximum absolute atomic E-state index is 13.1. The molecule has 1 aliphatic rings. The van der Waals surface area contributed by atoms with E-state index in [9.17, 15) is 9.18 Å². The monoisotopic (exact) mass is 385 g/mol. The molecule has 150 valence electrons. The fourth-order valence-corrected chi connectivity index (χ4v) is 3.30. The molecule has 0 spiro atoms. The highest BCUT2D eigenvalue weighted by Crippen LogP contribution is 2.11. The summed E-state index contributed by atoms with van der Waals surface area (Å²) in [6.45, 7) is 6.77. The molecule has 1 N–H and O–H groups in total. The fourth-order valence-electron chi connectivity index (χ4n) is 3.30. The summed E-state index contributed by atoms with van der Waals surface area (Å²) in [4.78, 5) is 16.7. The van der Waals surface area contributed by atoms with Crippen molar-refractivity contribution in [2.45, 2.75) is 13.0 Å². The van der Waals surface area contributed by atoms with Crippen LogP contribution in [0.1, 0.15) is 12.0 Å². The predicted molar refractivity (Wildman–Crippen MR) is 108 cm³/mol. The van der Waals surface area contributed by atoms with E-state index >= 15 is 0 Å². The topological polar surface area (TPSA) is 44.8 Å². The second-order valence-electron chi connectivity index (χ2n) is 7.05. The van der Waals surface area contributed by atoms with Crippen LogP contribution < -0.4 is 10.1 Å². The van der Waals surface area contributed by atoms with Crippen LogP contribution in [0.3, 0.4) is 0 Å². The minimum absolute atomic E-state index is 0.0956. The van der Waals surface area contributed by atoms with Gasteiger partial charge in [0, 0.05) is 45.3 Å². The Labute approximate surface area is 166 Å². The molecule has 5 nitrogen and oxygen atoms in total. The van der Waals surface area contributed by atoms with Gasteiger partial charge >= 0.3 is 0 Å². The van der Waals surface area contributed by atoms with Crippen molar-refractivity contribution in [2.24, 2.45) is 0 Å². The predicted octanol–water partition coefficient (Wildman–Crippen LogP) is 2.53. The number of ether oxygens (including phenoxy) is 1. The third kappa shape index (κ3) is 6.94. The van der Waals surface area contributed by atoms with Gasteiger partial charge in [-0.1, -0.05) is 36.4 Å². The second-order valence-corrected chi connectivity index (χ2v) is 7.05. The Balaban J connectivity index is 1.24. The third-order valence-electron chi connectivity index (χ3n) is 4.85. The molecule has 0 bridgehead atoms. The van der Waals surface area contributed by atoms with Crippen molar-refractivity contribution in [3.05, 3.63) is 66.0 Å². The largest absolute Gasteiger partial charge is 0.484 e. The first-order chi connectivity index (χ1) is 13.7. The quantitative estimate of drug-likeness (QED) is 0.674. The third-order valence-corrected chi connectivity index (χ3v) is 4.85. The zero-order chi connectivity index (χ0) is 19.6. The van der Waals surface area contributed by atoms with Crippen LogP contribution in [0.15, 0.2) is 54.6 Å². The number of nitrogens with zero attached hydrogens (tertiary/aromatic N) is 2. The maximum atomic E-state index is 13.1. The van der Waals surface area contributed by atoms with Gasteiger partial charge in [0.2, 0.25) is 0 Å². The number of carbonyl (C=O) groups excluding carboxylic acids is 1. The highest BCUT2D eigenvalue weighted by atomic mass is 19.1. The van der Waals surface area contributed by atoms with Crippen molar-refractivity contribution < 1.29 is 13.9 Å². The van der Waals surface area contributed by atoms with E-state index in [0.717, 1.165) is 45.7 Å². The first-order valence-corrected chi connectivity index (χ1v) is 9.83. The van der Waals surface area contributed by atoms with E-state index in [4.69, 9.17) is 4.74 Å². The van der Waals surface area contributed by atoms with Crippen molar-refractivity contribution in [1.29, 1.82) is 0 Å². The highest BCUT2D eigenvalue weighted by molar-refractivity contribution is 5.77. The number of hydrogen-bond acceptors (Lipinski definition) is 4. The number of halogens is 1. The maximum Gasteiger partial charge on any atom is 0.257 e. The summed E-state index contributed by atoms with van der Waals surface area (Å²) in [6, 6.07) is 16.4. The summed E-state index contributed by atoms with van der Waals surface area (Å²) in [6.07, 6.45) is 0.907. The smallest absolute Gasteiger partial charge is 0.257 e. The number of hydrogen-bond donors (Lipinski definition) is 1. The molecule has 1 heterocycles. The van der Waals surface area contributed by atoms with Gasteiger partial charge in [0.25, 0.3) is 5.91 Å². The molecule has 28 heavy (non-hydrogen) atoms. The van der Waals surface area contributed by atoms with Gasteiger partial charge in [0.15, 0.2) is 6.61 Å². The van der Waals surface area contributed by atoms with E-state index in [1.807, 2.05) is 6.07 Å². The van der Waals surface area contributed by atoms with Gasteiger partial charge < -0.3 is 15.0 Å². The second kappa shape index (κ2) is 10.8. The Morgan fingerprint density at radius 1 is 1.00 bits per heavy atom. The molecular weight excluding hydrogens is 357 g/mol. The molecule has 0 aromatic heterocycles. The first kappa shape index (κ1) is 20.3. The minimum Gasteiger partial charge on any atom is -0.484 e. The lowest BCUT2D eigenvalue weighted by Gasteiger charge is -2.34. The van der Waals surface area contributed by atoms with Crippen molar-refractivity contribution in [3.63, 3.8) is 0 Å². The average molecular weight is 385 g/mol. The molecule has 0 atom stereocenters. The highest BCUT2D eigenvalue weighted by Gasteiger charge is 2.16. The Hall–Kier alpha value is -2.44. The van der Waals surface area contributed by atoms with E-state index < -0.39 is 0 Å². The Morgan fingerprint density at radius 2 is 1.75 bits per heavy atom. The van der Waals surface area contributed by atoms with Crippen LogP contribution in [0.4, 0.5) is 4.39 Å². The number of carbonyl (C=O) groups is 1. The van der Waals surface area contributed by atoms with Crippen molar-refractivity contribution in [1.82, 2.24) is 15.1 Å². The average Bonchev–Trinajstić information content (AvgIpc) is 2.72. The van der Waals surface area contributed by atoms with Gasteiger partial charge in [0.1, 0.15) is 11.6 Å². The van der Waals surface area contributed by atoms with Crippen LogP contribution >= 0.6 is 0 Å². The molecule has 3 rings (SSSR count). The van der Waals surface area contributed by atoms with Crippen LogP contribution in [0.5, 0.6) is 5.75 Å². The SMILES string of the molecule is O=C(COc1cccc(F)c1)NCCCN1CCN(Cc2ccccc2)CC1. The van der Waals surface area contributed by atoms with Gasteiger partial charge in [-0.05, 0) is 30.7 Å². The van der Waals surface area contributed by atoms with E-state index in [1.165, 1.54) is 17.7 Å². The molecular formula is C22H28FN3O2. The summed E-state index contributed by atoms with van der Waals surface area (Å²) < 4.78 is 18.4. The Kier molecular flexibility index (Phi) is 7.82. The molecule has 0 radical (unpaired) electrons. The summed E-state index contributed by atoms with van der Waals surface area (Å²) in [5.74, 6) is -0.192. The van der Waals surface area contributed by atoms with Crippen molar-refractivity contribution in [2.75, 3.05) is 45.9 Å². The van der Waals surface area contributed by atoms with Crippen molar-refractivity contribution in [3.8, 4) is 5.75 Å². The molecule has 0 aliphatic carbocycles. The number of piperazine rings is 1. The molecule has 1 aliphatic heterocycles. The van der Waals surface area contributed by atoms with Gasteiger partial charge in [-0.25, -0.2) is 4.39 Å². The molecule has 0 saturated carbocycles. The number of rotatable bonds is 9. The van der Waals surface area contributed by atoms with E-state index in [-0.39, 0.29) is 18.3 Å². The zero-order valence-electron chi connectivity index (χ0n) is 16.1. The van der Waals surface area contributed by atoms with Gasteiger partial charge in [-0.3, -0.25) is 9.69 Å². The summed E-state index contributed by atoms with van der Waals surface area (Å²) in [5, 5.41) is 2.85. The lowest BCUT2D eigenvalue weighted by molar-refractivity contribution is -0.123. The Bertz CT molecular complexity index is 734. The summed E-state index contributed by atoms with van der Waals surface area (Å²) in [7, 11) is 0. The lowest BCUT2D eigenvalue weighted by atomic mass is 10.2. The van der Waals surface area contributed by atoms with Gasteiger partial charge in [0.05, 0.1) is 0 Å². The minimum atomic E-state index is -0.373. The fraction of sp³-hybridized carbons (Fsp3) is 0.409. The standard InChI is InChI=1S/C22H28FN3O2/c23-20-8-4-9-21(16-20)28-18-22(27)24-10-5-11-25-12-14-26(15-13-25)17-19-6-2-1-3-7-19/h1-4,6-9,16H,5,10-15,17-18H2,(H,24,27). The molecule has 1 amide bonds. The molecule has 0 unspecified atom stereocenters. The van der Waals surface area contributed by atoms with E-state index in [0.29, 0.717) is 12.3 Å². The van der Waals surface area contributed by atoms with Crippen molar-refractivity contribution >= 4 is 5.91 Å². The van der Waals surface area contributed by atoms with Crippen LogP contribution in [0, 0.1) is 5.82 Å². The number of nitrogens with one attached hydrogen (secondary N) is 1. The summed E-state index contributed by atoms with van der Waals surface area (Å²) >= 11 is 0. The molecule has 6 heteroatoms. The Morgan fingerprint density at radius 3 is 2.50 bits per heavy atom. The van der Waals surface area contributed by atoms with Crippen LogP contribution in [0.2, 0.25) is 0 Å². The van der Waals surface area contributed by atoms with Crippen LogP contribution in [-0.4, -0.2) is 61.6 Å². The van der Waals surface area contributed by atoms with Gasteiger partial charge in [-0.2, -0.15) is 0 Å². The normalized spacial score (nSPS) is 15.3. The zero-order valence-corrected chi connectivity index (χ0v) is 16.1. The molecule has 2 aromatic rings. The van der Waals surface area contributed by atoms with E-state index in [1.54, 1.807) is 12.1 Å². The lowest BCUT2D eigenvalue weighted by Crippen LogP contribution is -2.46. The molecule has 2 aromatic carbocycles. The van der Waals surface area contributed by atoms with Crippen LogP contribution in [0.25, 0.3) is 0 Å². The van der Waals surface area contributed by atoms with Crippen LogP contribution in [-0.2, 0) is 11.3 Å². The molecule has 1 fully saturated rings. The summed E-state index contributed by atoms with van der Waals surface area (Å²) in [5.41, 5.74) is 1.36. The molecule has 1 saturated heterocycles. The number of benzene rings is 2. The number of amides is 1.